The molecule has 0 saturated heterocycles. The molecule has 0 spiro atoms. The molecule has 0 fully saturated rings. The average Bonchev–Trinajstić information content (AvgIpc) is 3.00. The van der Waals surface area contributed by atoms with E-state index < -0.39 is 53.7 Å². The maximum atomic E-state index is 12.7. The van der Waals surface area contributed by atoms with Crippen LogP contribution in [-0.4, -0.2) is 72.5 Å². The number of esters is 1. The molecule has 0 bridgehead atoms. The maximum absolute atomic E-state index is 12.7. The number of carboxylic acid groups (broad SMARTS) is 1. The van der Waals surface area contributed by atoms with Crippen molar-refractivity contribution in [2.75, 3.05) is 0 Å². The lowest BCUT2D eigenvalue weighted by Gasteiger charge is -2.27. The molecule has 0 radical (unpaired) electrons. The van der Waals surface area contributed by atoms with Gasteiger partial charge < -0.3 is 54.4 Å². The molecule has 1 heterocycles. The van der Waals surface area contributed by atoms with Crippen LogP contribution in [0, 0.1) is 0 Å². The van der Waals surface area contributed by atoms with Gasteiger partial charge in [-0.15, -0.1) is 0 Å². The summed E-state index contributed by atoms with van der Waals surface area (Å²) in [4.78, 5) is 36.9. The third-order valence-electron chi connectivity index (χ3n) is 6.09. The van der Waals surface area contributed by atoms with Crippen LogP contribution in [0.5, 0.6) is 28.7 Å². The molecule has 46 heavy (non-hydrogen) atoms. The van der Waals surface area contributed by atoms with Crippen LogP contribution in [0.4, 0.5) is 0 Å². The number of ether oxygens (including phenoxy) is 3. The highest BCUT2D eigenvalue weighted by molar-refractivity contribution is 5.88. The van der Waals surface area contributed by atoms with Gasteiger partial charge in [0, 0.05) is 29.8 Å². The Balaban J connectivity index is 0.00000282. The van der Waals surface area contributed by atoms with E-state index in [1.165, 1.54) is 55.5 Å². The number of aromatic hydroxyl groups is 4. The normalized spacial score (nSPS) is 13.1. The van der Waals surface area contributed by atoms with Crippen molar-refractivity contribution in [2.45, 2.75) is 45.6 Å². The van der Waals surface area contributed by atoms with Gasteiger partial charge in [0.05, 0.1) is 0 Å². The summed E-state index contributed by atoms with van der Waals surface area (Å²) in [7, 11) is 0. The Kier molecular flexibility index (Phi) is 11.7. The molecule has 7 N–H and O–H groups in total. The van der Waals surface area contributed by atoms with Crippen LogP contribution in [0.1, 0.15) is 26.3 Å². The predicted octanol–water partition coefficient (Wildman–Crippen LogP) is 3.44. The van der Waals surface area contributed by atoms with Gasteiger partial charge in [-0.1, -0.05) is 19.9 Å². The van der Waals surface area contributed by atoms with Crippen molar-refractivity contribution in [2.24, 2.45) is 0 Å². The minimum absolute atomic E-state index is 0.0192. The lowest BCUT2D eigenvalue weighted by molar-refractivity contribution is -0.248. The van der Waals surface area contributed by atoms with E-state index in [1.54, 1.807) is 0 Å². The molecule has 0 aliphatic heterocycles. The quantitative estimate of drug-likeness (QED) is 0.0539. The summed E-state index contributed by atoms with van der Waals surface area (Å²) in [5.74, 6) is -4.32. The lowest BCUT2D eigenvalue weighted by Crippen LogP contribution is -2.45. The van der Waals surface area contributed by atoms with Gasteiger partial charge in [-0.05, 0) is 55.0 Å². The molecule has 14 nitrogen and oxygen atoms in total. The summed E-state index contributed by atoms with van der Waals surface area (Å²) in [6, 6.07) is 12.7. The second-order valence-corrected chi connectivity index (χ2v) is 9.36. The van der Waals surface area contributed by atoms with Crippen LogP contribution in [0.25, 0.3) is 28.4 Å². The van der Waals surface area contributed by atoms with Crippen molar-refractivity contribution < 1.29 is 64.0 Å². The largest absolute Gasteiger partial charge is 0.508 e. The Morgan fingerprint density at radius 2 is 1.54 bits per heavy atom. The van der Waals surface area contributed by atoms with Gasteiger partial charge in [0.2, 0.25) is 6.29 Å². The monoisotopic (exact) mass is 640 g/mol. The molecule has 4 aromatic rings. The fraction of sp³-hybridized carbons (Fsp3) is 0.219. The number of aliphatic hydroxyl groups excluding tert-OH is 1. The third kappa shape index (κ3) is 8.75. The number of carboxylic acids is 1. The van der Waals surface area contributed by atoms with E-state index >= 15 is 0 Å². The van der Waals surface area contributed by atoms with Crippen LogP contribution in [0.2, 0.25) is 0 Å². The molecule has 0 aliphatic carbocycles. The fourth-order valence-corrected chi connectivity index (χ4v) is 3.98. The van der Waals surface area contributed by atoms with Crippen molar-refractivity contribution in [3.05, 3.63) is 82.5 Å². The number of carbonyl (C=O) groups is 2. The number of phenolic OH excluding ortho intramolecular Hbond substituents is 4. The van der Waals surface area contributed by atoms with Crippen LogP contribution in [0.15, 0.2) is 76.0 Å². The second kappa shape index (κ2) is 15.4. The molecule has 0 saturated carbocycles. The van der Waals surface area contributed by atoms with Gasteiger partial charge in [-0.2, -0.15) is 0 Å². The fourth-order valence-electron chi connectivity index (χ4n) is 3.98. The maximum Gasteiger partial charge on any atom is 0.336 e. The molecule has 3 atom stereocenters. The number of aliphatic carboxylic acids is 1. The van der Waals surface area contributed by atoms with Crippen molar-refractivity contribution in [1.82, 2.24) is 0 Å². The highest BCUT2D eigenvalue weighted by atomic mass is 16.7. The van der Waals surface area contributed by atoms with Gasteiger partial charge in [0.1, 0.15) is 40.1 Å². The van der Waals surface area contributed by atoms with E-state index in [4.69, 9.17) is 18.6 Å². The first-order valence-electron chi connectivity index (χ1n) is 13.7. The van der Waals surface area contributed by atoms with E-state index in [2.05, 4.69) is 0 Å². The van der Waals surface area contributed by atoms with Gasteiger partial charge in [-0.3, -0.25) is 4.79 Å². The molecular formula is C32H32O14. The van der Waals surface area contributed by atoms with E-state index in [0.29, 0.717) is 11.1 Å². The number of rotatable bonds is 11. The molecule has 0 aliphatic rings. The number of carbonyl (C=O) groups excluding carboxylic acids is 1. The number of benzene rings is 3. The zero-order chi connectivity index (χ0) is 34.1. The van der Waals surface area contributed by atoms with E-state index in [0.717, 1.165) is 24.3 Å². The molecule has 244 valence electrons. The summed E-state index contributed by atoms with van der Waals surface area (Å²) >= 11 is 0. The Morgan fingerprint density at radius 3 is 2.15 bits per heavy atom. The second-order valence-electron chi connectivity index (χ2n) is 9.36. The van der Waals surface area contributed by atoms with Gasteiger partial charge in [0.25, 0.3) is 6.29 Å². The molecule has 4 rings (SSSR count). The first-order chi connectivity index (χ1) is 21.8. The lowest BCUT2D eigenvalue weighted by atomic mass is 10.1. The van der Waals surface area contributed by atoms with Gasteiger partial charge in [0.15, 0.2) is 23.0 Å². The number of hydrogen-bond donors (Lipinski definition) is 7. The molecule has 3 aromatic carbocycles. The molecule has 1 aromatic heterocycles. The number of phenols is 4. The first-order valence-corrected chi connectivity index (χ1v) is 13.7. The number of fused-ring (bicyclic) bond motifs is 1. The highest BCUT2D eigenvalue weighted by Gasteiger charge is 2.35. The molecule has 14 heteroatoms. The smallest absolute Gasteiger partial charge is 0.336 e. The highest BCUT2D eigenvalue weighted by Crippen LogP contribution is 2.32. The zero-order valence-corrected chi connectivity index (χ0v) is 24.7. The predicted molar refractivity (Wildman–Crippen MR) is 162 cm³/mol. The van der Waals surface area contributed by atoms with E-state index in [9.17, 15) is 50.1 Å². The Hall–Kier alpha value is -5.57. The molecule has 3 unspecified atom stereocenters. The average molecular weight is 641 g/mol. The van der Waals surface area contributed by atoms with E-state index in [1.807, 2.05) is 13.8 Å². The van der Waals surface area contributed by atoms with Crippen molar-refractivity contribution in [3.63, 3.8) is 0 Å². The van der Waals surface area contributed by atoms with Crippen molar-refractivity contribution in [3.8, 4) is 40.1 Å². The van der Waals surface area contributed by atoms with Crippen LogP contribution < -0.4 is 10.2 Å². The molecule has 0 amide bonds. The number of aliphatic hydroxyl groups is 2. The van der Waals surface area contributed by atoms with E-state index in [-0.39, 0.29) is 34.0 Å². The van der Waals surface area contributed by atoms with Crippen LogP contribution >= 0.6 is 0 Å². The Morgan fingerprint density at radius 1 is 0.870 bits per heavy atom. The summed E-state index contributed by atoms with van der Waals surface area (Å²) < 4.78 is 21.4. The molecular weight excluding hydrogens is 608 g/mol. The topological polar surface area (TPSA) is 234 Å². The standard InChI is InChI=1S/C30H26O14.C2H6/c1-14(41-25(36)9-3-15-2-8-19(32)20(33)10-15)27(28(37)38)44-30(29(39)40)42-18-11-21(34)26-22(35)13-23(43-24(26)12-18)16-4-6-17(31)7-5-16;1-2/h2-14,27,29-34,39-40H,1H3,(H,37,38);1-2H3/b9-3+;. The minimum atomic E-state index is -2.44. The summed E-state index contributed by atoms with van der Waals surface area (Å²) in [5, 5.41) is 68.1. The SMILES string of the molecule is CC.CC(OC(=O)/C=C/c1ccc(O)c(O)c1)C(OC(Oc1cc(O)c2c(=O)cc(-c3ccc(O)cc3)oc2c1)C(O)O)C(=O)O. The van der Waals surface area contributed by atoms with Crippen molar-refractivity contribution >= 4 is 29.0 Å². The Labute approximate surface area is 261 Å². The van der Waals surface area contributed by atoms with Gasteiger partial charge >= 0.3 is 11.9 Å². The minimum Gasteiger partial charge on any atom is -0.508 e. The zero-order valence-electron chi connectivity index (χ0n) is 24.7. The number of hydrogen-bond acceptors (Lipinski definition) is 13. The summed E-state index contributed by atoms with van der Waals surface area (Å²) in [6.45, 7) is 5.17. The summed E-state index contributed by atoms with van der Waals surface area (Å²) in [6.07, 6.45) is -5.87. The summed E-state index contributed by atoms with van der Waals surface area (Å²) in [5.41, 5.74) is -0.0558. The van der Waals surface area contributed by atoms with Crippen LogP contribution in [0.3, 0.4) is 0 Å². The van der Waals surface area contributed by atoms with Crippen LogP contribution in [-0.2, 0) is 19.1 Å². The van der Waals surface area contributed by atoms with Gasteiger partial charge in [-0.25, -0.2) is 9.59 Å². The first kappa shape index (κ1) is 34.9. The third-order valence-corrected chi connectivity index (χ3v) is 6.09. The van der Waals surface area contributed by atoms with Crippen molar-refractivity contribution in [1.29, 1.82) is 0 Å². The Bertz CT molecular complexity index is 1760.